The van der Waals surface area contributed by atoms with Crippen molar-refractivity contribution in [1.82, 2.24) is 9.59 Å². The van der Waals surface area contributed by atoms with Crippen molar-refractivity contribution in [2.75, 3.05) is 0 Å². The van der Waals surface area contributed by atoms with Gasteiger partial charge >= 0.3 is 5.97 Å². The molecular weight excluding hydrogens is 280 g/mol. The monoisotopic (exact) mass is 296 g/mol. The normalized spacial score (nSPS) is 12.3. The Hall–Kier alpha value is -1.27. The van der Waals surface area contributed by atoms with Gasteiger partial charge in [-0.25, -0.2) is 4.79 Å². The molecule has 0 bridgehead atoms. The Bertz CT molecular complexity index is 522. The van der Waals surface area contributed by atoms with Crippen LogP contribution < -0.4 is 0 Å². The van der Waals surface area contributed by atoms with E-state index in [0.717, 1.165) is 35.7 Å². The zero-order chi connectivity index (χ0) is 13.7. The number of thiophene rings is 1. The molecule has 102 valence electrons. The summed E-state index contributed by atoms with van der Waals surface area (Å²) in [6.45, 7) is 4.05. The molecule has 4 nitrogen and oxygen atoms in total. The van der Waals surface area contributed by atoms with Gasteiger partial charge in [0, 0.05) is 0 Å². The molecule has 0 spiro atoms. The van der Waals surface area contributed by atoms with Crippen LogP contribution in [0.2, 0.25) is 0 Å². The topological polar surface area (TPSA) is 52.1 Å². The van der Waals surface area contributed by atoms with E-state index in [4.69, 9.17) is 4.74 Å². The summed E-state index contributed by atoms with van der Waals surface area (Å²) in [6, 6.07) is 3.86. The molecule has 0 saturated carbocycles. The summed E-state index contributed by atoms with van der Waals surface area (Å²) < 4.78 is 9.30. The largest absolute Gasteiger partial charge is 0.458 e. The molecule has 0 unspecified atom stereocenters. The van der Waals surface area contributed by atoms with Gasteiger partial charge in [0.05, 0.1) is 11.0 Å². The lowest BCUT2D eigenvalue weighted by atomic mass is 10.2. The van der Waals surface area contributed by atoms with E-state index in [1.165, 1.54) is 0 Å². The molecule has 0 aromatic carbocycles. The maximum atomic E-state index is 12.1. The summed E-state index contributed by atoms with van der Waals surface area (Å²) in [5.74, 6) is -0.318. The van der Waals surface area contributed by atoms with E-state index in [0.29, 0.717) is 10.6 Å². The summed E-state index contributed by atoms with van der Waals surface area (Å²) in [6.07, 6.45) is 2.99. The number of nitrogens with zero attached hydrogens (tertiary/aromatic N) is 2. The molecule has 0 amide bonds. The lowest BCUT2D eigenvalue weighted by molar-refractivity contribution is 0.0327. The van der Waals surface area contributed by atoms with Crippen molar-refractivity contribution < 1.29 is 9.53 Å². The van der Waals surface area contributed by atoms with E-state index in [9.17, 15) is 4.79 Å². The average Bonchev–Trinajstić information content (AvgIpc) is 3.05. The van der Waals surface area contributed by atoms with Crippen molar-refractivity contribution in [3.05, 3.63) is 22.4 Å². The highest BCUT2D eigenvalue weighted by molar-refractivity contribution is 7.14. The van der Waals surface area contributed by atoms with Gasteiger partial charge in [0.15, 0.2) is 4.88 Å². The van der Waals surface area contributed by atoms with Crippen LogP contribution in [0.3, 0.4) is 0 Å². The number of esters is 1. The van der Waals surface area contributed by atoms with Crippen LogP contribution in [0.5, 0.6) is 0 Å². The molecule has 6 heteroatoms. The minimum absolute atomic E-state index is 0.0641. The van der Waals surface area contributed by atoms with Gasteiger partial charge in [0.2, 0.25) is 0 Å². The van der Waals surface area contributed by atoms with Crippen LogP contribution in [-0.2, 0) is 4.74 Å². The van der Waals surface area contributed by atoms with Gasteiger partial charge in [-0.2, -0.15) is 0 Å². The van der Waals surface area contributed by atoms with E-state index in [-0.39, 0.29) is 12.1 Å². The van der Waals surface area contributed by atoms with Crippen LogP contribution in [0.4, 0.5) is 0 Å². The van der Waals surface area contributed by atoms with Gasteiger partial charge in [0.1, 0.15) is 5.69 Å². The summed E-state index contributed by atoms with van der Waals surface area (Å²) in [4.78, 5) is 13.5. The molecule has 0 radical (unpaired) electrons. The first-order valence-electron chi connectivity index (χ1n) is 6.29. The molecule has 2 aromatic rings. The van der Waals surface area contributed by atoms with Gasteiger partial charge in [-0.15, -0.1) is 16.4 Å². The maximum absolute atomic E-state index is 12.1. The second-order valence-corrected chi connectivity index (χ2v) is 5.99. The molecule has 19 heavy (non-hydrogen) atoms. The Labute approximate surface area is 120 Å². The van der Waals surface area contributed by atoms with Crippen molar-refractivity contribution in [2.24, 2.45) is 0 Å². The quantitative estimate of drug-likeness (QED) is 0.756. The maximum Gasteiger partial charge on any atom is 0.352 e. The molecule has 2 heterocycles. The summed E-state index contributed by atoms with van der Waals surface area (Å²) in [5.41, 5.74) is 0.632. The molecule has 2 aromatic heterocycles. The second-order valence-electron chi connectivity index (χ2n) is 4.29. The Kier molecular flexibility index (Phi) is 5.04. The summed E-state index contributed by atoms with van der Waals surface area (Å²) in [7, 11) is 0. The molecule has 0 N–H and O–H groups in total. The highest BCUT2D eigenvalue weighted by Crippen LogP contribution is 2.28. The Morgan fingerprint density at radius 3 is 3.05 bits per heavy atom. The summed E-state index contributed by atoms with van der Waals surface area (Å²) in [5, 5.41) is 5.98. The minimum Gasteiger partial charge on any atom is -0.458 e. The molecule has 2 rings (SSSR count). The lowest BCUT2D eigenvalue weighted by Crippen LogP contribution is -2.14. The van der Waals surface area contributed by atoms with Crippen molar-refractivity contribution in [3.63, 3.8) is 0 Å². The van der Waals surface area contributed by atoms with Gasteiger partial charge in [-0.05, 0) is 36.3 Å². The second kappa shape index (κ2) is 6.77. The third-order valence-corrected chi connectivity index (χ3v) is 4.28. The Morgan fingerprint density at radius 1 is 1.53 bits per heavy atom. The highest BCUT2D eigenvalue weighted by Gasteiger charge is 2.21. The van der Waals surface area contributed by atoms with Crippen LogP contribution in [0.1, 0.15) is 42.8 Å². The molecule has 0 aliphatic rings. The predicted octanol–water partition coefficient (Wildman–Crippen LogP) is 4.00. The van der Waals surface area contributed by atoms with Crippen LogP contribution in [0.25, 0.3) is 10.6 Å². The molecule has 0 fully saturated rings. The van der Waals surface area contributed by atoms with E-state index in [2.05, 4.69) is 16.5 Å². The average molecular weight is 296 g/mol. The fourth-order valence-corrected chi connectivity index (χ4v) is 3.03. The van der Waals surface area contributed by atoms with Gasteiger partial charge < -0.3 is 4.74 Å². The third-order valence-electron chi connectivity index (χ3n) is 2.70. The van der Waals surface area contributed by atoms with E-state index in [1.54, 1.807) is 11.3 Å². The number of hydrogen-bond donors (Lipinski definition) is 0. The number of hydrogen-bond acceptors (Lipinski definition) is 6. The number of ether oxygens (including phenoxy) is 1. The lowest BCUT2D eigenvalue weighted by Gasteiger charge is -2.11. The van der Waals surface area contributed by atoms with Crippen LogP contribution >= 0.6 is 22.9 Å². The van der Waals surface area contributed by atoms with Crippen LogP contribution in [0.15, 0.2) is 17.5 Å². The molecule has 1 atom stereocenters. The van der Waals surface area contributed by atoms with E-state index < -0.39 is 0 Å². The predicted molar refractivity (Wildman–Crippen MR) is 77.6 cm³/mol. The smallest absolute Gasteiger partial charge is 0.352 e. The zero-order valence-corrected chi connectivity index (χ0v) is 12.6. The van der Waals surface area contributed by atoms with Gasteiger partial charge in [-0.1, -0.05) is 30.3 Å². The molecule has 0 aliphatic heterocycles. The van der Waals surface area contributed by atoms with Crippen molar-refractivity contribution in [3.8, 4) is 10.6 Å². The first-order chi connectivity index (χ1) is 9.22. The Morgan fingerprint density at radius 2 is 2.37 bits per heavy atom. The summed E-state index contributed by atoms with van der Waals surface area (Å²) >= 11 is 2.63. The number of aromatic nitrogens is 2. The van der Waals surface area contributed by atoms with Gasteiger partial charge in [-0.3, -0.25) is 0 Å². The van der Waals surface area contributed by atoms with Crippen molar-refractivity contribution >= 4 is 28.8 Å². The van der Waals surface area contributed by atoms with Gasteiger partial charge in [0.25, 0.3) is 0 Å². The fraction of sp³-hybridized carbons (Fsp3) is 0.462. The number of carbonyl (C=O) groups excluding carboxylic acids is 1. The highest BCUT2D eigenvalue weighted by atomic mass is 32.1. The van der Waals surface area contributed by atoms with Crippen molar-refractivity contribution in [1.29, 1.82) is 0 Å². The number of unbranched alkanes of at least 4 members (excludes halogenated alkanes) is 1. The first kappa shape index (κ1) is 14.1. The zero-order valence-electron chi connectivity index (χ0n) is 11.0. The molecular formula is C13H16N2O2S2. The minimum atomic E-state index is -0.318. The fourth-order valence-electron chi connectivity index (χ4n) is 1.69. The third kappa shape index (κ3) is 3.61. The molecule has 0 saturated heterocycles. The molecule has 0 aliphatic carbocycles. The number of rotatable bonds is 6. The van der Waals surface area contributed by atoms with Crippen LogP contribution in [-0.4, -0.2) is 21.7 Å². The van der Waals surface area contributed by atoms with E-state index >= 15 is 0 Å². The van der Waals surface area contributed by atoms with E-state index in [1.807, 2.05) is 24.4 Å². The standard InChI is InChI=1S/C13H16N2O2S2/c1-3-4-6-9(2)17-13(16)12-11(14-15-19-12)10-7-5-8-18-10/h5,7-9H,3-4,6H2,1-2H3/t9-/m0/s1. The van der Waals surface area contributed by atoms with Crippen LogP contribution in [0, 0.1) is 0 Å². The first-order valence-corrected chi connectivity index (χ1v) is 7.95. The SMILES string of the molecule is CCCC[C@H](C)OC(=O)c1snnc1-c1cccs1. The van der Waals surface area contributed by atoms with Crippen molar-refractivity contribution in [2.45, 2.75) is 39.2 Å². The number of carbonyl (C=O) groups is 1. The Balaban J connectivity index is 2.06.